The topological polar surface area (TPSA) is 59.8 Å². The molecule has 0 saturated carbocycles. The van der Waals surface area contributed by atoms with Crippen molar-refractivity contribution < 1.29 is 4.79 Å². The van der Waals surface area contributed by atoms with E-state index in [-0.39, 0.29) is 5.91 Å². The highest BCUT2D eigenvalue weighted by atomic mass is 79.9. The van der Waals surface area contributed by atoms with Gasteiger partial charge in [0.25, 0.3) is 5.91 Å². The van der Waals surface area contributed by atoms with E-state index in [9.17, 15) is 4.79 Å². The van der Waals surface area contributed by atoms with E-state index >= 15 is 0 Å². The number of rotatable bonds is 3. The second-order valence-corrected chi connectivity index (χ2v) is 5.98. The number of hydrogen-bond acceptors (Lipinski definition) is 4. The summed E-state index contributed by atoms with van der Waals surface area (Å²) in [7, 11) is 1.84. The summed E-state index contributed by atoms with van der Waals surface area (Å²) in [5, 5.41) is 10.5. The van der Waals surface area contributed by atoms with Crippen molar-refractivity contribution in [1.29, 1.82) is 0 Å². The van der Waals surface area contributed by atoms with Crippen LogP contribution in [0.5, 0.6) is 0 Å². The lowest BCUT2D eigenvalue weighted by atomic mass is 10.3. The van der Waals surface area contributed by atoms with Gasteiger partial charge in [-0.15, -0.1) is 21.5 Å². The fraction of sp³-hybridized carbons (Fsp3) is 0.300. The third-order valence-corrected chi connectivity index (χ3v) is 4.43. The number of nitrogens with one attached hydrogen (secondary N) is 1. The number of aromatic nitrogens is 3. The first-order valence-corrected chi connectivity index (χ1v) is 6.56. The van der Waals surface area contributed by atoms with Gasteiger partial charge in [0, 0.05) is 7.05 Å². The molecule has 7 heteroatoms. The predicted octanol–water partition coefficient (Wildman–Crippen LogP) is 1.88. The Hall–Kier alpha value is -1.21. The third kappa shape index (κ3) is 2.73. The molecule has 90 valence electrons. The number of halogens is 1. The van der Waals surface area contributed by atoms with Crippen LogP contribution in [0, 0.1) is 6.92 Å². The van der Waals surface area contributed by atoms with Crippen LogP contribution in [0.1, 0.15) is 21.1 Å². The Balaban J connectivity index is 2.00. The molecule has 17 heavy (non-hydrogen) atoms. The van der Waals surface area contributed by atoms with Crippen LogP contribution in [0.2, 0.25) is 0 Å². The van der Waals surface area contributed by atoms with Crippen molar-refractivity contribution >= 4 is 33.2 Å². The Labute approximate surface area is 111 Å². The molecule has 2 heterocycles. The number of hydrogen-bond donors (Lipinski definition) is 1. The summed E-state index contributed by atoms with van der Waals surface area (Å²) in [5.74, 6) is 0.637. The fourth-order valence-corrected chi connectivity index (χ4v) is 2.74. The van der Waals surface area contributed by atoms with Gasteiger partial charge in [-0.1, -0.05) is 0 Å². The summed E-state index contributed by atoms with van der Waals surface area (Å²) >= 11 is 4.82. The van der Waals surface area contributed by atoms with Gasteiger partial charge in [-0.05, 0) is 34.5 Å². The quantitative estimate of drug-likeness (QED) is 0.941. The zero-order valence-corrected chi connectivity index (χ0v) is 11.8. The van der Waals surface area contributed by atoms with Crippen LogP contribution in [-0.4, -0.2) is 20.7 Å². The average Bonchev–Trinajstić information content (AvgIpc) is 2.83. The second kappa shape index (κ2) is 4.97. The van der Waals surface area contributed by atoms with E-state index in [1.165, 1.54) is 11.3 Å². The van der Waals surface area contributed by atoms with Crippen LogP contribution >= 0.6 is 27.3 Å². The standard InChI is InChI=1S/C10H11BrN4OS/c1-6-3-7(17-9(6)11)10(16)12-4-8-14-13-5-15(8)2/h3,5H,4H2,1-2H3,(H,12,16). The Morgan fingerprint density at radius 2 is 2.41 bits per heavy atom. The van der Waals surface area contributed by atoms with Crippen LogP contribution in [-0.2, 0) is 13.6 Å². The smallest absolute Gasteiger partial charge is 0.261 e. The van der Waals surface area contributed by atoms with Gasteiger partial charge in [-0.2, -0.15) is 0 Å². The molecular weight excluding hydrogens is 304 g/mol. The molecule has 0 aromatic carbocycles. The molecule has 1 amide bonds. The zero-order chi connectivity index (χ0) is 12.4. The van der Waals surface area contributed by atoms with Gasteiger partial charge in [-0.25, -0.2) is 0 Å². The highest BCUT2D eigenvalue weighted by Crippen LogP contribution is 2.27. The average molecular weight is 315 g/mol. The van der Waals surface area contributed by atoms with E-state index in [1.807, 2.05) is 20.0 Å². The van der Waals surface area contributed by atoms with Crippen molar-refractivity contribution in [1.82, 2.24) is 20.1 Å². The van der Waals surface area contributed by atoms with Gasteiger partial charge in [-0.3, -0.25) is 4.79 Å². The Kier molecular flexibility index (Phi) is 3.58. The summed E-state index contributed by atoms with van der Waals surface area (Å²) in [6, 6.07) is 1.86. The van der Waals surface area contributed by atoms with Crippen LogP contribution in [0.15, 0.2) is 16.2 Å². The maximum Gasteiger partial charge on any atom is 0.261 e. The van der Waals surface area contributed by atoms with Crippen molar-refractivity contribution in [3.05, 3.63) is 32.4 Å². The van der Waals surface area contributed by atoms with E-state index in [0.717, 1.165) is 15.2 Å². The first-order valence-electron chi connectivity index (χ1n) is 4.95. The first kappa shape index (κ1) is 12.3. The molecule has 0 aliphatic carbocycles. The lowest BCUT2D eigenvalue weighted by Gasteiger charge is -2.02. The first-order chi connectivity index (χ1) is 8.08. The molecule has 0 aliphatic heterocycles. The lowest BCUT2D eigenvalue weighted by Crippen LogP contribution is -2.23. The van der Waals surface area contributed by atoms with Crippen molar-refractivity contribution in [3.63, 3.8) is 0 Å². The third-order valence-electron chi connectivity index (χ3n) is 2.29. The minimum atomic E-state index is -0.0909. The highest BCUT2D eigenvalue weighted by molar-refractivity contribution is 9.11. The zero-order valence-electron chi connectivity index (χ0n) is 9.40. The fourth-order valence-electron chi connectivity index (χ4n) is 1.29. The summed E-state index contributed by atoms with van der Waals surface area (Å²) in [6.45, 7) is 2.34. The number of thiophene rings is 1. The molecule has 2 rings (SSSR count). The molecular formula is C10H11BrN4OS. The molecule has 0 saturated heterocycles. The molecule has 2 aromatic heterocycles. The monoisotopic (exact) mass is 314 g/mol. The maximum atomic E-state index is 11.8. The number of carbonyl (C=O) groups is 1. The molecule has 0 aliphatic rings. The SMILES string of the molecule is Cc1cc(C(=O)NCc2nncn2C)sc1Br. The van der Waals surface area contributed by atoms with Gasteiger partial charge in [0.15, 0.2) is 5.82 Å². The number of aryl methyl sites for hydroxylation is 2. The van der Waals surface area contributed by atoms with Crippen LogP contribution in [0.25, 0.3) is 0 Å². The molecule has 1 N–H and O–H groups in total. The van der Waals surface area contributed by atoms with Crippen LogP contribution < -0.4 is 5.32 Å². The number of carbonyl (C=O) groups excluding carboxylic acids is 1. The molecule has 0 radical (unpaired) electrons. The molecule has 2 aromatic rings. The van der Waals surface area contributed by atoms with Gasteiger partial charge in [0.05, 0.1) is 15.2 Å². The summed E-state index contributed by atoms with van der Waals surface area (Å²) in [6.07, 6.45) is 1.60. The molecule has 0 fully saturated rings. The van der Waals surface area contributed by atoms with Crippen molar-refractivity contribution in [2.24, 2.45) is 7.05 Å². The van der Waals surface area contributed by atoms with Crippen molar-refractivity contribution in [2.45, 2.75) is 13.5 Å². The molecule has 0 bridgehead atoms. The van der Waals surface area contributed by atoms with E-state index < -0.39 is 0 Å². The number of amides is 1. The normalized spacial score (nSPS) is 10.5. The van der Waals surface area contributed by atoms with Crippen LogP contribution in [0.4, 0.5) is 0 Å². The van der Waals surface area contributed by atoms with Gasteiger partial charge in [0.2, 0.25) is 0 Å². The largest absolute Gasteiger partial charge is 0.344 e. The van der Waals surface area contributed by atoms with E-state index in [4.69, 9.17) is 0 Å². The maximum absolute atomic E-state index is 11.8. The van der Waals surface area contributed by atoms with E-state index in [0.29, 0.717) is 11.4 Å². The van der Waals surface area contributed by atoms with Gasteiger partial charge < -0.3 is 9.88 Å². The summed E-state index contributed by atoms with van der Waals surface area (Å²) < 4.78 is 2.76. The molecule has 0 atom stereocenters. The predicted molar refractivity (Wildman–Crippen MR) is 68.9 cm³/mol. The minimum Gasteiger partial charge on any atom is -0.344 e. The Morgan fingerprint density at radius 3 is 2.94 bits per heavy atom. The van der Waals surface area contributed by atoms with Gasteiger partial charge in [0.1, 0.15) is 6.33 Å². The molecule has 0 unspecified atom stereocenters. The Bertz CT molecular complexity index is 529. The van der Waals surface area contributed by atoms with E-state index in [2.05, 4.69) is 31.4 Å². The minimum absolute atomic E-state index is 0.0909. The van der Waals surface area contributed by atoms with Crippen molar-refractivity contribution in [3.8, 4) is 0 Å². The highest BCUT2D eigenvalue weighted by Gasteiger charge is 2.11. The van der Waals surface area contributed by atoms with E-state index in [1.54, 1.807) is 10.9 Å². The van der Waals surface area contributed by atoms with Crippen molar-refractivity contribution in [2.75, 3.05) is 0 Å². The lowest BCUT2D eigenvalue weighted by molar-refractivity contribution is 0.0953. The van der Waals surface area contributed by atoms with Gasteiger partial charge >= 0.3 is 0 Å². The second-order valence-electron chi connectivity index (χ2n) is 3.61. The molecule has 5 nitrogen and oxygen atoms in total. The summed E-state index contributed by atoms with van der Waals surface area (Å²) in [4.78, 5) is 12.5. The van der Waals surface area contributed by atoms with Crippen LogP contribution in [0.3, 0.4) is 0 Å². The Morgan fingerprint density at radius 1 is 1.65 bits per heavy atom. The summed E-state index contributed by atoms with van der Waals surface area (Å²) in [5.41, 5.74) is 1.07. The number of nitrogens with zero attached hydrogens (tertiary/aromatic N) is 3. The molecule has 0 spiro atoms.